The van der Waals surface area contributed by atoms with E-state index in [1.807, 2.05) is 0 Å². The first kappa shape index (κ1) is 15.0. The van der Waals surface area contributed by atoms with E-state index in [4.69, 9.17) is 5.73 Å². The van der Waals surface area contributed by atoms with Crippen LogP contribution < -0.4 is 16.4 Å². The quantitative estimate of drug-likeness (QED) is 0.606. The van der Waals surface area contributed by atoms with Crippen molar-refractivity contribution in [1.82, 2.24) is 10.6 Å². The van der Waals surface area contributed by atoms with Crippen molar-refractivity contribution < 1.29 is 9.59 Å². The van der Waals surface area contributed by atoms with Crippen LogP contribution in [-0.4, -0.2) is 30.9 Å². The number of unbranched alkanes of at least 4 members (excludes halogenated alkanes) is 1. The normalized spacial score (nSPS) is 22.4. The third-order valence-corrected chi connectivity index (χ3v) is 3.54. The first-order valence-electron chi connectivity index (χ1n) is 6.73. The number of carbonyl (C=O) groups is 2. The average molecular weight is 255 g/mol. The van der Waals surface area contributed by atoms with Gasteiger partial charge in [-0.3, -0.25) is 9.59 Å². The molecule has 4 N–H and O–H groups in total. The van der Waals surface area contributed by atoms with Gasteiger partial charge in [-0.2, -0.15) is 0 Å². The Morgan fingerprint density at radius 1 is 1.39 bits per heavy atom. The van der Waals surface area contributed by atoms with Crippen molar-refractivity contribution in [3.8, 4) is 0 Å². The van der Waals surface area contributed by atoms with Crippen LogP contribution in [0.15, 0.2) is 0 Å². The molecule has 0 aromatic heterocycles. The lowest BCUT2D eigenvalue weighted by Gasteiger charge is -2.38. The van der Waals surface area contributed by atoms with E-state index in [9.17, 15) is 9.59 Å². The summed E-state index contributed by atoms with van der Waals surface area (Å²) in [7, 11) is 0. The van der Waals surface area contributed by atoms with Gasteiger partial charge in [-0.25, -0.2) is 0 Å². The second-order valence-electron chi connectivity index (χ2n) is 5.69. The molecule has 0 radical (unpaired) electrons. The van der Waals surface area contributed by atoms with E-state index in [1.165, 1.54) is 0 Å². The summed E-state index contributed by atoms with van der Waals surface area (Å²) in [5.74, 6) is -0.213. The Balaban J connectivity index is 2.25. The fraction of sp³-hybridized carbons (Fsp3) is 0.846. The molecule has 1 heterocycles. The lowest BCUT2D eigenvalue weighted by Crippen LogP contribution is -2.55. The van der Waals surface area contributed by atoms with Gasteiger partial charge in [0.15, 0.2) is 0 Å². The Morgan fingerprint density at radius 3 is 2.72 bits per heavy atom. The monoisotopic (exact) mass is 255 g/mol. The number of nitrogens with one attached hydrogen (secondary N) is 2. The minimum absolute atomic E-state index is 0.00948. The van der Waals surface area contributed by atoms with Crippen molar-refractivity contribution in [2.24, 2.45) is 11.1 Å². The molecule has 0 aromatic rings. The Morgan fingerprint density at radius 2 is 2.11 bits per heavy atom. The Kier molecular flexibility index (Phi) is 5.59. The van der Waals surface area contributed by atoms with E-state index in [0.29, 0.717) is 13.0 Å². The molecule has 5 heteroatoms. The predicted molar refractivity (Wildman–Crippen MR) is 70.9 cm³/mol. The lowest BCUT2D eigenvalue weighted by molar-refractivity contribution is -0.126. The lowest BCUT2D eigenvalue weighted by atomic mass is 9.77. The van der Waals surface area contributed by atoms with Gasteiger partial charge in [-0.15, -0.1) is 0 Å². The van der Waals surface area contributed by atoms with Crippen LogP contribution >= 0.6 is 0 Å². The summed E-state index contributed by atoms with van der Waals surface area (Å²) in [5, 5.41) is 6.21. The third kappa shape index (κ3) is 4.64. The van der Waals surface area contributed by atoms with Crippen molar-refractivity contribution in [1.29, 1.82) is 0 Å². The van der Waals surface area contributed by atoms with Gasteiger partial charge in [0.25, 0.3) is 0 Å². The van der Waals surface area contributed by atoms with Crippen molar-refractivity contribution in [2.75, 3.05) is 13.1 Å². The van der Waals surface area contributed by atoms with Gasteiger partial charge in [-0.05, 0) is 37.6 Å². The summed E-state index contributed by atoms with van der Waals surface area (Å²) < 4.78 is 0. The molecule has 1 atom stereocenters. The fourth-order valence-electron chi connectivity index (χ4n) is 2.40. The van der Waals surface area contributed by atoms with Gasteiger partial charge in [0, 0.05) is 13.0 Å². The van der Waals surface area contributed by atoms with Crippen LogP contribution in [0.25, 0.3) is 0 Å². The summed E-state index contributed by atoms with van der Waals surface area (Å²) >= 11 is 0. The minimum atomic E-state index is -0.281. The first-order valence-corrected chi connectivity index (χ1v) is 6.73. The maximum atomic E-state index is 12.0. The molecule has 1 unspecified atom stereocenters. The van der Waals surface area contributed by atoms with E-state index < -0.39 is 0 Å². The number of piperidine rings is 1. The molecule has 0 spiro atoms. The molecule has 1 aliphatic rings. The number of nitrogens with two attached hydrogens (primary N) is 1. The number of carbonyl (C=O) groups excluding carboxylic acids is 2. The van der Waals surface area contributed by atoms with Crippen LogP contribution in [0.3, 0.4) is 0 Å². The molecule has 0 aliphatic carbocycles. The van der Waals surface area contributed by atoms with Gasteiger partial charge in [-0.1, -0.05) is 13.8 Å². The van der Waals surface area contributed by atoms with Gasteiger partial charge in [0.2, 0.25) is 11.8 Å². The molecule has 1 aliphatic heterocycles. The molecular weight excluding hydrogens is 230 g/mol. The highest BCUT2D eigenvalue weighted by Gasteiger charge is 2.36. The molecular formula is C13H25N3O2. The largest absolute Gasteiger partial charge is 0.370 e. The van der Waals surface area contributed by atoms with Crippen LogP contribution in [0, 0.1) is 5.41 Å². The second kappa shape index (κ2) is 6.73. The van der Waals surface area contributed by atoms with E-state index in [0.717, 1.165) is 32.2 Å². The summed E-state index contributed by atoms with van der Waals surface area (Å²) in [4.78, 5) is 22.6. The number of primary amides is 1. The standard InChI is InChI=1S/C13H25N3O2/c1-13(2)7-5-9-15-11(13)12(18)16-8-4-3-6-10(14)17/h11,15H,3-9H2,1-2H3,(H2,14,17)(H,16,18). The fourth-order valence-corrected chi connectivity index (χ4v) is 2.40. The summed E-state index contributed by atoms with van der Waals surface area (Å²) in [5.41, 5.74) is 5.06. The average Bonchev–Trinajstić information content (AvgIpc) is 2.27. The smallest absolute Gasteiger partial charge is 0.237 e. The number of hydrogen-bond donors (Lipinski definition) is 3. The molecule has 1 fully saturated rings. The van der Waals surface area contributed by atoms with Gasteiger partial charge >= 0.3 is 0 Å². The van der Waals surface area contributed by atoms with Gasteiger partial charge in [0.05, 0.1) is 6.04 Å². The van der Waals surface area contributed by atoms with Crippen molar-refractivity contribution in [3.63, 3.8) is 0 Å². The van der Waals surface area contributed by atoms with Crippen LogP contribution in [0.4, 0.5) is 0 Å². The molecule has 5 nitrogen and oxygen atoms in total. The van der Waals surface area contributed by atoms with Crippen LogP contribution in [0.1, 0.15) is 46.0 Å². The number of amides is 2. The molecule has 0 bridgehead atoms. The number of rotatable bonds is 6. The highest BCUT2D eigenvalue weighted by Crippen LogP contribution is 2.29. The summed E-state index contributed by atoms with van der Waals surface area (Å²) in [6, 6.07) is -0.109. The predicted octanol–water partition coefficient (Wildman–Crippen LogP) is 0.536. The second-order valence-corrected chi connectivity index (χ2v) is 5.69. The molecule has 1 rings (SSSR count). The van der Waals surface area contributed by atoms with Gasteiger partial charge in [0.1, 0.15) is 0 Å². The zero-order chi connectivity index (χ0) is 13.6. The summed E-state index contributed by atoms with van der Waals surface area (Å²) in [6.07, 6.45) is 4.11. The minimum Gasteiger partial charge on any atom is -0.370 e. The topological polar surface area (TPSA) is 84.2 Å². The highest BCUT2D eigenvalue weighted by molar-refractivity contribution is 5.82. The molecule has 18 heavy (non-hydrogen) atoms. The van der Waals surface area contributed by atoms with E-state index in [-0.39, 0.29) is 23.3 Å². The molecule has 104 valence electrons. The summed E-state index contributed by atoms with van der Waals surface area (Å²) in [6.45, 7) is 5.76. The Bertz CT molecular complexity index is 303. The third-order valence-electron chi connectivity index (χ3n) is 3.54. The first-order chi connectivity index (χ1) is 8.43. The molecule has 0 aromatic carbocycles. The van der Waals surface area contributed by atoms with Crippen LogP contribution in [0.5, 0.6) is 0 Å². The molecule has 2 amide bonds. The zero-order valence-corrected chi connectivity index (χ0v) is 11.4. The zero-order valence-electron chi connectivity index (χ0n) is 11.4. The van der Waals surface area contributed by atoms with E-state index in [1.54, 1.807) is 0 Å². The highest BCUT2D eigenvalue weighted by atomic mass is 16.2. The van der Waals surface area contributed by atoms with Crippen molar-refractivity contribution >= 4 is 11.8 Å². The van der Waals surface area contributed by atoms with Crippen molar-refractivity contribution in [3.05, 3.63) is 0 Å². The van der Waals surface area contributed by atoms with Crippen molar-refractivity contribution in [2.45, 2.75) is 52.0 Å². The molecule has 0 saturated carbocycles. The maximum Gasteiger partial charge on any atom is 0.237 e. The molecule has 1 saturated heterocycles. The van der Waals surface area contributed by atoms with Crippen LogP contribution in [-0.2, 0) is 9.59 Å². The van der Waals surface area contributed by atoms with E-state index >= 15 is 0 Å². The Labute approximate surface area is 109 Å². The SMILES string of the molecule is CC1(C)CCCNC1C(=O)NCCCCC(N)=O. The van der Waals surface area contributed by atoms with Gasteiger partial charge < -0.3 is 16.4 Å². The Hall–Kier alpha value is -1.10. The maximum absolute atomic E-state index is 12.0. The van der Waals surface area contributed by atoms with Crippen LogP contribution in [0.2, 0.25) is 0 Å². The van der Waals surface area contributed by atoms with E-state index in [2.05, 4.69) is 24.5 Å². The number of hydrogen-bond acceptors (Lipinski definition) is 3.